The molecule has 0 atom stereocenters. The monoisotopic (exact) mass is 380 g/mol. The van der Waals surface area contributed by atoms with Crippen molar-refractivity contribution in [3.8, 4) is 11.1 Å². The summed E-state index contributed by atoms with van der Waals surface area (Å²) in [4.78, 5) is 0. The fraction of sp³-hybridized carbons (Fsp3) is 0.455. The minimum Gasteiger partial charge on any atom is -0.385 e. The zero-order valence-electron chi connectivity index (χ0n) is 15.6. The average Bonchev–Trinajstić information content (AvgIpc) is 2.68. The molecule has 0 saturated heterocycles. The van der Waals surface area contributed by atoms with Crippen molar-refractivity contribution in [1.82, 2.24) is 0 Å². The van der Waals surface area contributed by atoms with Gasteiger partial charge >= 0.3 is 0 Å². The average molecular weight is 380 g/mol. The van der Waals surface area contributed by atoms with E-state index in [4.69, 9.17) is 4.74 Å². The zero-order chi connectivity index (χ0) is 19.6. The SMILES string of the molecule is COCCC1CCC(c2ccc(-c3ccc(C)c(F)c3F)c(F)c2F)CC1. The van der Waals surface area contributed by atoms with E-state index in [0.717, 1.165) is 32.1 Å². The summed E-state index contributed by atoms with van der Waals surface area (Å²) in [5.74, 6) is -3.75. The van der Waals surface area contributed by atoms with Gasteiger partial charge in [0.25, 0.3) is 0 Å². The lowest BCUT2D eigenvalue weighted by Crippen LogP contribution is -2.16. The first-order chi connectivity index (χ1) is 12.9. The molecule has 1 aliphatic rings. The van der Waals surface area contributed by atoms with Gasteiger partial charge in [-0.2, -0.15) is 0 Å². The second kappa shape index (κ2) is 8.42. The molecule has 0 unspecified atom stereocenters. The molecule has 0 N–H and O–H groups in total. The Bertz CT molecular complexity index is 810. The molecule has 0 aliphatic heterocycles. The van der Waals surface area contributed by atoms with Crippen LogP contribution >= 0.6 is 0 Å². The fourth-order valence-electron chi connectivity index (χ4n) is 3.99. The van der Waals surface area contributed by atoms with Crippen LogP contribution in [0, 0.1) is 36.1 Å². The predicted octanol–water partition coefficient (Wildman–Crippen LogP) is 6.53. The lowest BCUT2D eigenvalue weighted by Gasteiger charge is -2.29. The highest BCUT2D eigenvalue weighted by Gasteiger charge is 2.27. The molecule has 27 heavy (non-hydrogen) atoms. The Balaban J connectivity index is 1.83. The lowest BCUT2D eigenvalue weighted by atomic mass is 9.77. The summed E-state index contributed by atoms with van der Waals surface area (Å²) >= 11 is 0. The van der Waals surface area contributed by atoms with Crippen molar-refractivity contribution in [2.45, 2.75) is 44.9 Å². The smallest absolute Gasteiger partial charge is 0.167 e. The Labute approximate surface area is 157 Å². The van der Waals surface area contributed by atoms with E-state index in [1.807, 2.05) is 0 Å². The number of benzene rings is 2. The molecule has 1 nitrogen and oxygen atoms in total. The molecule has 5 heteroatoms. The van der Waals surface area contributed by atoms with E-state index in [9.17, 15) is 17.6 Å². The van der Waals surface area contributed by atoms with Gasteiger partial charge in [0.05, 0.1) is 0 Å². The molecule has 0 spiro atoms. The van der Waals surface area contributed by atoms with Crippen LogP contribution in [0.3, 0.4) is 0 Å². The van der Waals surface area contributed by atoms with Crippen LogP contribution in [-0.4, -0.2) is 13.7 Å². The van der Waals surface area contributed by atoms with Gasteiger partial charge in [-0.3, -0.25) is 0 Å². The molecule has 0 bridgehead atoms. The van der Waals surface area contributed by atoms with Gasteiger partial charge in [0.1, 0.15) is 0 Å². The molecule has 0 heterocycles. The van der Waals surface area contributed by atoms with E-state index in [1.54, 1.807) is 7.11 Å². The van der Waals surface area contributed by atoms with Gasteiger partial charge < -0.3 is 4.74 Å². The van der Waals surface area contributed by atoms with Crippen LogP contribution in [0.1, 0.15) is 49.1 Å². The van der Waals surface area contributed by atoms with Crippen LogP contribution in [0.15, 0.2) is 24.3 Å². The van der Waals surface area contributed by atoms with Crippen LogP contribution in [-0.2, 0) is 4.74 Å². The number of hydrogen-bond donors (Lipinski definition) is 0. The van der Waals surface area contributed by atoms with Crippen molar-refractivity contribution in [2.75, 3.05) is 13.7 Å². The third kappa shape index (κ3) is 4.03. The van der Waals surface area contributed by atoms with E-state index in [2.05, 4.69) is 0 Å². The molecule has 146 valence electrons. The molecular weight excluding hydrogens is 356 g/mol. The minimum atomic E-state index is -1.15. The van der Waals surface area contributed by atoms with Gasteiger partial charge in [-0.1, -0.05) is 24.3 Å². The van der Waals surface area contributed by atoms with Crippen molar-refractivity contribution < 1.29 is 22.3 Å². The van der Waals surface area contributed by atoms with E-state index < -0.39 is 23.3 Å². The Kier molecular flexibility index (Phi) is 6.20. The second-order valence-electron chi connectivity index (χ2n) is 7.39. The molecular formula is C22H24F4O. The van der Waals surface area contributed by atoms with E-state index >= 15 is 0 Å². The minimum absolute atomic E-state index is 0.0491. The molecule has 0 radical (unpaired) electrons. The number of halogens is 4. The molecule has 0 aromatic heterocycles. The first-order valence-electron chi connectivity index (χ1n) is 9.35. The summed E-state index contributed by atoms with van der Waals surface area (Å²) in [6.45, 7) is 2.14. The molecule has 2 aromatic carbocycles. The maximum Gasteiger partial charge on any atom is 0.167 e. The number of rotatable bonds is 5. The van der Waals surface area contributed by atoms with Crippen molar-refractivity contribution in [3.05, 3.63) is 58.7 Å². The largest absolute Gasteiger partial charge is 0.385 e. The second-order valence-corrected chi connectivity index (χ2v) is 7.39. The van der Waals surface area contributed by atoms with Gasteiger partial charge in [0, 0.05) is 24.8 Å². The molecule has 1 fully saturated rings. The predicted molar refractivity (Wildman–Crippen MR) is 97.6 cm³/mol. The van der Waals surface area contributed by atoms with Crippen molar-refractivity contribution in [2.24, 2.45) is 5.92 Å². The first-order valence-corrected chi connectivity index (χ1v) is 9.35. The van der Waals surface area contributed by atoms with Crippen LogP contribution in [0.4, 0.5) is 17.6 Å². The van der Waals surface area contributed by atoms with Gasteiger partial charge in [-0.15, -0.1) is 0 Å². The lowest BCUT2D eigenvalue weighted by molar-refractivity contribution is 0.162. The normalized spacial score (nSPS) is 20.1. The Morgan fingerprint density at radius 3 is 2.04 bits per heavy atom. The van der Waals surface area contributed by atoms with Crippen LogP contribution in [0.25, 0.3) is 11.1 Å². The third-order valence-corrected chi connectivity index (χ3v) is 5.69. The van der Waals surface area contributed by atoms with Gasteiger partial charge in [0.2, 0.25) is 0 Å². The maximum atomic E-state index is 14.7. The third-order valence-electron chi connectivity index (χ3n) is 5.69. The summed E-state index contributed by atoms with van der Waals surface area (Å²) in [5.41, 5.74) is -0.0563. The summed E-state index contributed by atoms with van der Waals surface area (Å²) in [6, 6.07) is 5.52. The molecule has 1 saturated carbocycles. The summed E-state index contributed by atoms with van der Waals surface area (Å²) in [5, 5.41) is 0. The molecule has 3 rings (SSSR count). The summed E-state index contributed by atoms with van der Waals surface area (Å²) in [7, 11) is 1.67. The number of aryl methyl sites for hydroxylation is 1. The first kappa shape index (κ1) is 19.9. The Hall–Kier alpha value is -1.88. The highest BCUT2D eigenvalue weighted by molar-refractivity contribution is 5.66. The number of hydrogen-bond acceptors (Lipinski definition) is 1. The maximum absolute atomic E-state index is 14.7. The zero-order valence-corrected chi connectivity index (χ0v) is 15.6. The van der Waals surface area contributed by atoms with Crippen molar-refractivity contribution in [3.63, 3.8) is 0 Å². The van der Waals surface area contributed by atoms with Gasteiger partial charge in [0.15, 0.2) is 23.3 Å². The van der Waals surface area contributed by atoms with Crippen LogP contribution in [0.2, 0.25) is 0 Å². The Morgan fingerprint density at radius 2 is 1.41 bits per heavy atom. The van der Waals surface area contributed by atoms with Crippen molar-refractivity contribution in [1.29, 1.82) is 0 Å². The van der Waals surface area contributed by atoms with E-state index in [1.165, 1.54) is 31.2 Å². The van der Waals surface area contributed by atoms with Crippen molar-refractivity contribution >= 4 is 0 Å². The van der Waals surface area contributed by atoms with E-state index in [0.29, 0.717) is 18.1 Å². The summed E-state index contributed by atoms with van der Waals surface area (Å²) < 4.78 is 62.5. The standard InChI is InChI=1S/C22H24F4O/c1-13-3-8-17(21(25)19(13)23)18-10-9-16(20(24)22(18)26)15-6-4-14(5-7-15)11-12-27-2/h3,8-10,14-15H,4-7,11-12H2,1-2H3. The Morgan fingerprint density at radius 1 is 0.815 bits per heavy atom. The van der Waals surface area contributed by atoms with Gasteiger partial charge in [-0.05, 0) is 62.0 Å². The fourth-order valence-corrected chi connectivity index (χ4v) is 3.99. The van der Waals surface area contributed by atoms with E-state index in [-0.39, 0.29) is 22.6 Å². The summed E-state index contributed by atoms with van der Waals surface area (Å²) in [6.07, 6.45) is 4.47. The topological polar surface area (TPSA) is 9.23 Å². The quantitative estimate of drug-likeness (QED) is 0.536. The van der Waals surface area contributed by atoms with Crippen LogP contribution in [0.5, 0.6) is 0 Å². The molecule has 2 aromatic rings. The van der Waals surface area contributed by atoms with Gasteiger partial charge in [-0.25, -0.2) is 17.6 Å². The highest BCUT2D eigenvalue weighted by Crippen LogP contribution is 2.40. The molecule has 1 aliphatic carbocycles. The number of methoxy groups -OCH3 is 1. The highest BCUT2D eigenvalue weighted by atomic mass is 19.2. The number of ether oxygens (including phenoxy) is 1. The molecule has 0 amide bonds. The van der Waals surface area contributed by atoms with Crippen LogP contribution < -0.4 is 0 Å².